The Morgan fingerprint density at radius 2 is 1.90 bits per heavy atom. The van der Waals surface area contributed by atoms with E-state index in [0.717, 1.165) is 35.0 Å². The summed E-state index contributed by atoms with van der Waals surface area (Å²) < 4.78 is 0. The number of hydrogen-bond donors (Lipinski definition) is 3. The van der Waals surface area contributed by atoms with E-state index in [1.807, 2.05) is 48.5 Å². The zero-order chi connectivity index (χ0) is 20.5. The lowest BCUT2D eigenvalue weighted by molar-refractivity contribution is -0.115. The van der Waals surface area contributed by atoms with Crippen molar-refractivity contribution in [2.75, 3.05) is 5.32 Å². The van der Waals surface area contributed by atoms with Crippen LogP contribution < -0.4 is 5.32 Å². The number of anilines is 1. The first-order valence-electron chi connectivity index (χ1n) is 10.1. The number of fused-ring (bicyclic) bond motifs is 1. The van der Waals surface area contributed by atoms with Crippen LogP contribution in [0.1, 0.15) is 41.5 Å². The van der Waals surface area contributed by atoms with Crippen LogP contribution in [0.4, 0.5) is 5.82 Å². The molecule has 1 aliphatic rings. The number of rotatable bonds is 5. The standard InChI is InChI=1S/C24H22N4O2/c29-20-6-4-16(5-7-20)18-12-19(13-18)22-14-23(28-27-22)26-24(30)11-15-3-8-21-17(10-15)2-1-9-25-21/h1-10,14,18-19,29H,11-13H2,(H2,26,27,28,30). The first kappa shape index (κ1) is 18.4. The molecule has 0 bridgehead atoms. The quantitative estimate of drug-likeness (QED) is 0.461. The molecule has 0 aliphatic heterocycles. The molecule has 2 aromatic carbocycles. The summed E-state index contributed by atoms with van der Waals surface area (Å²) in [6.45, 7) is 0. The highest BCUT2D eigenvalue weighted by Crippen LogP contribution is 2.47. The summed E-state index contributed by atoms with van der Waals surface area (Å²) in [5, 5.41) is 20.7. The minimum atomic E-state index is -0.0909. The van der Waals surface area contributed by atoms with Gasteiger partial charge in [-0.05, 0) is 60.2 Å². The number of aromatic amines is 1. The van der Waals surface area contributed by atoms with Crippen LogP contribution in [-0.2, 0) is 11.2 Å². The van der Waals surface area contributed by atoms with Gasteiger partial charge in [0.25, 0.3) is 0 Å². The summed E-state index contributed by atoms with van der Waals surface area (Å²) in [7, 11) is 0. The summed E-state index contributed by atoms with van der Waals surface area (Å²) >= 11 is 0. The molecule has 0 saturated heterocycles. The van der Waals surface area contributed by atoms with E-state index in [1.165, 1.54) is 5.56 Å². The van der Waals surface area contributed by atoms with Gasteiger partial charge >= 0.3 is 0 Å². The number of carbonyl (C=O) groups excluding carboxylic acids is 1. The summed E-state index contributed by atoms with van der Waals surface area (Å²) in [6.07, 6.45) is 4.12. The molecule has 2 aromatic heterocycles. The monoisotopic (exact) mass is 398 g/mol. The van der Waals surface area contributed by atoms with Crippen LogP contribution >= 0.6 is 0 Å². The molecule has 0 radical (unpaired) electrons. The minimum absolute atomic E-state index is 0.0909. The fourth-order valence-electron chi connectivity index (χ4n) is 4.11. The van der Waals surface area contributed by atoms with Crippen molar-refractivity contribution < 1.29 is 9.90 Å². The molecule has 150 valence electrons. The summed E-state index contributed by atoms with van der Waals surface area (Å²) in [6, 6.07) is 19.1. The van der Waals surface area contributed by atoms with Crippen molar-refractivity contribution in [2.45, 2.75) is 31.1 Å². The fourth-order valence-corrected chi connectivity index (χ4v) is 4.11. The lowest BCUT2D eigenvalue weighted by atomic mass is 9.70. The summed E-state index contributed by atoms with van der Waals surface area (Å²) in [5.74, 6) is 1.68. The van der Waals surface area contributed by atoms with Gasteiger partial charge in [0.15, 0.2) is 5.82 Å². The predicted octanol–water partition coefficient (Wildman–Crippen LogP) is 4.51. The maximum absolute atomic E-state index is 12.4. The normalized spacial score (nSPS) is 18.1. The Balaban J connectivity index is 1.17. The van der Waals surface area contributed by atoms with Crippen LogP contribution in [0.25, 0.3) is 10.9 Å². The molecule has 6 heteroatoms. The van der Waals surface area contributed by atoms with E-state index in [9.17, 15) is 9.90 Å². The topological polar surface area (TPSA) is 90.9 Å². The second-order valence-electron chi connectivity index (χ2n) is 7.92. The smallest absolute Gasteiger partial charge is 0.229 e. The van der Waals surface area contributed by atoms with Gasteiger partial charge in [0, 0.05) is 29.3 Å². The van der Waals surface area contributed by atoms with Gasteiger partial charge in [0.1, 0.15) is 5.75 Å². The first-order chi connectivity index (χ1) is 14.6. The van der Waals surface area contributed by atoms with Crippen LogP contribution in [0.2, 0.25) is 0 Å². The molecule has 2 heterocycles. The van der Waals surface area contributed by atoms with E-state index in [-0.39, 0.29) is 5.91 Å². The molecular weight excluding hydrogens is 376 g/mol. The highest BCUT2D eigenvalue weighted by Gasteiger charge is 2.32. The average molecular weight is 398 g/mol. The Kier molecular flexibility index (Phi) is 4.67. The number of carbonyl (C=O) groups is 1. The third-order valence-corrected chi connectivity index (χ3v) is 5.84. The molecule has 0 unspecified atom stereocenters. The summed E-state index contributed by atoms with van der Waals surface area (Å²) in [5.41, 5.74) is 4.17. The first-order valence-corrected chi connectivity index (χ1v) is 10.1. The zero-order valence-corrected chi connectivity index (χ0v) is 16.4. The van der Waals surface area contributed by atoms with Crippen molar-refractivity contribution in [1.82, 2.24) is 15.2 Å². The molecule has 1 fully saturated rings. The molecule has 1 saturated carbocycles. The molecule has 0 atom stereocenters. The Morgan fingerprint density at radius 3 is 2.73 bits per heavy atom. The highest BCUT2D eigenvalue weighted by atomic mass is 16.3. The van der Waals surface area contributed by atoms with E-state index in [1.54, 1.807) is 18.3 Å². The molecule has 30 heavy (non-hydrogen) atoms. The van der Waals surface area contributed by atoms with Crippen LogP contribution in [0, 0.1) is 0 Å². The average Bonchev–Trinajstić information content (AvgIpc) is 3.16. The molecule has 1 aliphatic carbocycles. The van der Waals surface area contributed by atoms with Crippen molar-refractivity contribution in [1.29, 1.82) is 0 Å². The van der Waals surface area contributed by atoms with E-state index in [4.69, 9.17) is 0 Å². The number of nitrogens with one attached hydrogen (secondary N) is 2. The number of nitrogens with zero attached hydrogens (tertiary/aromatic N) is 2. The van der Waals surface area contributed by atoms with Gasteiger partial charge in [-0.25, -0.2) is 0 Å². The van der Waals surface area contributed by atoms with Crippen molar-refractivity contribution >= 4 is 22.6 Å². The number of amides is 1. The van der Waals surface area contributed by atoms with Crippen LogP contribution in [0.5, 0.6) is 5.75 Å². The molecular formula is C24H22N4O2. The number of aromatic hydroxyl groups is 1. The van der Waals surface area contributed by atoms with Gasteiger partial charge in [-0.2, -0.15) is 5.10 Å². The van der Waals surface area contributed by atoms with Gasteiger partial charge in [0.05, 0.1) is 11.9 Å². The van der Waals surface area contributed by atoms with Crippen molar-refractivity contribution in [3.8, 4) is 5.75 Å². The molecule has 6 nitrogen and oxygen atoms in total. The lowest BCUT2D eigenvalue weighted by Gasteiger charge is -2.34. The summed E-state index contributed by atoms with van der Waals surface area (Å²) in [4.78, 5) is 16.7. The Labute approximate surface area is 174 Å². The Bertz CT molecular complexity index is 1190. The van der Waals surface area contributed by atoms with Gasteiger partial charge < -0.3 is 10.4 Å². The molecule has 0 spiro atoms. The van der Waals surface area contributed by atoms with E-state index < -0.39 is 0 Å². The third-order valence-electron chi connectivity index (χ3n) is 5.84. The Hall–Kier alpha value is -3.67. The molecule has 1 amide bonds. The van der Waals surface area contributed by atoms with Crippen LogP contribution in [0.3, 0.4) is 0 Å². The van der Waals surface area contributed by atoms with Gasteiger partial charge in [0.2, 0.25) is 5.91 Å². The number of phenolic OH excluding ortho intramolecular Hbond substituents is 1. The second-order valence-corrected chi connectivity index (χ2v) is 7.92. The number of benzene rings is 2. The number of H-pyrrole nitrogens is 1. The SMILES string of the molecule is O=C(Cc1ccc2ncccc2c1)Nc1cc(C2CC(c3ccc(O)cc3)C2)[nH]n1. The minimum Gasteiger partial charge on any atom is -0.508 e. The highest BCUT2D eigenvalue weighted by molar-refractivity contribution is 5.92. The number of aromatic nitrogens is 3. The van der Waals surface area contributed by atoms with Crippen LogP contribution in [-0.4, -0.2) is 26.2 Å². The lowest BCUT2D eigenvalue weighted by Crippen LogP contribution is -2.20. The van der Waals surface area contributed by atoms with Crippen molar-refractivity contribution in [3.05, 3.63) is 83.7 Å². The van der Waals surface area contributed by atoms with E-state index in [0.29, 0.717) is 29.8 Å². The fraction of sp³-hybridized carbons (Fsp3) is 0.208. The maximum Gasteiger partial charge on any atom is 0.229 e. The van der Waals surface area contributed by atoms with Crippen LogP contribution in [0.15, 0.2) is 66.9 Å². The largest absolute Gasteiger partial charge is 0.508 e. The van der Waals surface area contributed by atoms with Gasteiger partial charge in [-0.1, -0.05) is 24.3 Å². The van der Waals surface area contributed by atoms with Gasteiger partial charge in [-0.15, -0.1) is 0 Å². The van der Waals surface area contributed by atoms with Crippen molar-refractivity contribution in [3.63, 3.8) is 0 Å². The zero-order valence-electron chi connectivity index (χ0n) is 16.4. The van der Waals surface area contributed by atoms with E-state index >= 15 is 0 Å². The van der Waals surface area contributed by atoms with E-state index in [2.05, 4.69) is 20.5 Å². The van der Waals surface area contributed by atoms with Gasteiger partial charge in [-0.3, -0.25) is 14.9 Å². The molecule has 4 aromatic rings. The predicted molar refractivity (Wildman–Crippen MR) is 115 cm³/mol. The number of phenols is 1. The molecule has 3 N–H and O–H groups in total. The number of hydrogen-bond acceptors (Lipinski definition) is 4. The number of pyridine rings is 1. The third kappa shape index (κ3) is 3.76. The maximum atomic E-state index is 12.4. The van der Waals surface area contributed by atoms with Crippen molar-refractivity contribution in [2.24, 2.45) is 0 Å². The Morgan fingerprint density at radius 1 is 1.07 bits per heavy atom. The second kappa shape index (κ2) is 7.63. The molecule has 5 rings (SSSR count).